The molecule has 0 bridgehead atoms. The van der Waals surface area contributed by atoms with Crippen LogP contribution in [0.25, 0.3) is 0 Å². The third-order valence-electron chi connectivity index (χ3n) is 2.11. The maximum absolute atomic E-state index is 12.1. The van der Waals surface area contributed by atoms with Gasteiger partial charge >= 0.3 is 0 Å². The monoisotopic (exact) mass is 317 g/mol. The molecule has 6 nitrogen and oxygen atoms in total. The predicted molar refractivity (Wildman–Crippen MR) is 74.4 cm³/mol. The normalized spacial score (nSPS) is 11.3. The van der Waals surface area contributed by atoms with Gasteiger partial charge in [0.25, 0.3) is 15.6 Å². The fourth-order valence-electron chi connectivity index (χ4n) is 1.32. The number of aromatic nitrogens is 2. The number of thiol groups is 1. The lowest BCUT2D eigenvalue weighted by Crippen LogP contribution is -2.18. The Bertz CT molecular complexity index is 774. The second-order valence-electron chi connectivity index (χ2n) is 3.50. The quantitative estimate of drug-likeness (QED) is 0.748. The molecule has 1 heterocycles. The number of benzene rings is 1. The first-order valence-electron chi connectivity index (χ1n) is 4.95. The van der Waals surface area contributed by atoms with E-state index in [1.807, 2.05) is 0 Å². The fourth-order valence-corrected chi connectivity index (χ4v) is 3.19. The second-order valence-corrected chi connectivity index (χ2v) is 6.07. The molecule has 2 N–H and O–H groups in total. The van der Waals surface area contributed by atoms with E-state index in [0.29, 0.717) is 5.02 Å². The van der Waals surface area contributed by atoms with Gasteiger partial charge in [0.2, 0.25) is 5.95 Å². The number of halogens is 1. The molecule has 1 aromatic carbocycles. The summed E-state index contributed by atoms with van der Waals surface area (Å²) in [5.74, 6) is -0.171. The zero-order valence-corrected chi connectivity index (χ0v) is 11.8. The highest BCUT2D eigenvalue weighted by Crippen LogP contribution is 2.24. The van der Waals surface area contributed by atoms with Crippen LogP contribution in [0.1, 0.15) is 0 Å². The molecular weight excluding hydrogens is 310 g/mol. The Morgan fingerprint density at radius 2 is 2.05 bits per heavy atom. The van der Waals surface area contributed by atoms with Gasteiger partial charge < -0.3 is 0 Å². The van der Waals surface area contributed by atoms with Gasteiger partial charge in [0, 0.05) is 22.2 Å². The van der Waals surface area contributed by atoms with Crippen LogP contribution in [-0.4, -0.2) is 18.4 Å². The van der Waals surface area contributed by atoms with Crippen LogP contribution in [0, 0.1) is 0 Å². The summed E-state index contributed by atoms with van der Waals surface area (Å²) < 4.78 is 26.3. The smallest absolute Gasteiger partial charge is 0.265 e. The Hall–Kier alpha value is -1.51. The van der Waals surface area contributed by atoms with Crippen molar-refractivity contribution in [2.45, 2.75) is 9.79 Å². The van der Waals surface area contributed by atoms with Crippen molar-refractivity contribution in [1.82, 2.24) is 9.97 Å². The molecule has 0 aliphatic rings. The van der Waals surface area contributed by atoms with Crippen LogP contribution in [0.4, 0.5) is 5.95 Å². The third-order valence-corrected chi connectivity index (χ3v) is 4.27. The van der Waals surface area contributed by atoms with Gasteiger partial charge in [-0.05, 0) is 18.2 Å². The summed E-state index contributed by atoms with van der Waals surface area (Å²) >= 11 is 9.78. The summed E-state index contributed by atoms with van der Waals surface area (Å²) in [6.45, 7) is 0. The van der Waals surface area contributed by atoms with E-state index >= 15 is 0 Å². The number of hydrogen-bond acceptors (Lipinski definition) is 5. The van der Waals surface area contributed by atoms with Gasteiger partial charge in [0.05, 0.1) is 0 Å². The Kier molecular flexibility index (Phi) is 3.83. The van der Waals surface area contributed by atoms with Gasteiger partial charge in [-0.2, -0.15) is 0 Å². The highest BCUT2D eigenvalue weighted by molar-refractivity contribution is 7.93. The number of anilines is 1. The summed E-state index contributed by atoms with van der Waals surface area (Å²) in [7, 11) is -3.90. The number of nitrogens with one attached hydrogen (secondary N) is 2. The van der Waals surface area contributed by atoms with Crippen LogP contribution in [0.15, 0.2) is 45.0 Å². The predicted octanol–water partition coefficient (Wildman–Crippen LogP) is 1.51. The van der Waals surface area contributed by atoms with Crippen molar-refractivity contribution >= 4 is 40.2 Å². The molecule has 0 aliphatic carbocycles. The Morgan fingerprint density at radius 1 is 1.32 bits per heavy atom. The molecule has 1 aromatic heterocycles. The molecule has 9 heteroatoms. The van der Waals surface area contributed by atoms with Crippen molar-refractivity contribution in [3.8, 4) is 0 Å². The van der Waals surface area contributed by atoms with Crippen molar-refractivity contribution < 1.29 is 8.42 Å². The van der Waals surface area contributed by atoms with E-state index in [0.717, 1.165) is 0 Å². The van der Waals surface area contributed by atoms with Gasteiger partial charge in [-0.25, -0.2) is 18.1 Å². The van der Waals surface area contributed by atoms with Crippen LogP contribution in [0.5, 0.6) is 0 Å². The average Bonchev–Trinajstić information content (AvgIpc) is 2.27. The first kappa shape index (κ1) is 13.9. The summed E-state index contributed by atoms with van der Waals surface area (Å²) in [5, 5.41) is 0.371. The van der Waals surface area contributed by atoms with Crippen LogP contribution in [0.2, 0.25) is 5.02 Å². The van der Waals surface area contributed by atoms with Crippen molar-refractivity contribution in [2.24, 2.45) is 0 Å². The number of aromatic amines is 1. The molecule has 0 amide bonds. The maximum Gasteiger partial charge on any atom is 0.265 e. The molecule has 0 unspecified atom stereocenters. The minimum atomic E-state index is -3.90. The van der Waals surface area contributed by atoms with E-state index in [-0.39, 0.29) is 15.7 Å². The molecule has 0 saturated heterocycles. The molecule has 0 aliphatic heterocycles. The zero-order valence-electron chi connectivity index (χ0n) is 9.29. The van der Waals surface area contributed by atoms with E-state index in [1.165, 1.54) is 30.5 Å². The van der Waals surface area contributed by atoms with Gasteiger partial charge in [0.1, 0.15) is 4.90 Å². The highest BCUT2D eigenvalue weighted by Gasteiger charge is 2.18. The average molecular weight is 318 g/mol. The first-order chi connectivity index (χ1) is 8.88. The topological polar surface area (TPSA) is 91.9 Å². The molecule has 0 radical (unpaired) electrons. The molecular formula is C10H8ClN3O3S2. The number of hydrogen-bond donors (Lipinski definition) is 3. The standard InChI is InChI=1S/C10H8ClN3O3S2/c11-6-1-2-8(7(18)5-6)19(16,17)14-10-12-4-3-9(15)13-10/h1-5,18H,(H2,12,13,14,15). The summed E-state index contributed by atoms with van der Waals surface area (Å²) in [5.41, 5.74) is -0.463. The van der Waals surface area contributed by atoms with Crippen LogP contribution < -0.4 is 10.3 Å². The number of rotatable bonds is 3. The molecule has 100 valence electrons. The fraction of sp³-hybridized carbons (Fsp3) is 0. The lowest BCUT2D eigenvalue weighted by Gasteiger charge is -2.08. The van der Waals surface area contributed by atoms with E-state index < -0.39 is 15.6 Å². The van der Waals surface area contributed by atoms with E-state index in [4.69, 9.17) is 11.6 Å². The van der Waals surface area contributed by atoms with E-state index in [9.17, 15) is 13.2 Å². The van der Waals surface area contributed by atoms with E-state index in [2.05, 4.69) is 27.3 Å². The van der Waals surface area contributed by atoms with Gasteiger partial charge in [-0.3, -0.25) is 9.78 Å². The lowest BCUT2D eigenvalue weighted by atomic mass is 10.4. The van der Waals surface area contributed by atoms with Gasteiger partial charge in [-0.1, -0.05) is 11.6 Å². The van der Waals surface area contributed by atoms with Crippen molar-refractivity contribution in [1.29, 1.82) is 0 Å². The number of H-pyrrole nitrogens is 1. The SMILES string of the molecule is O=c1ccnc(NS(=O)(=O)c2ccc(Cl)cc2S)[nH]1. The number of nitrogens with zero attached hydrogens (tertiary/aromatic N) is 1. The van der Waals surface area contributed by atoms with Crippen LogP contribution in [0.3, 0.4) is 0 Å². The van der Waals surface area contributed by atoms with E-state index in [1.54, 1.807) is 0 Å². The largest absolute Gasteiger partial charge is 0.292 e. The molecule has 0 spiro atoms. The molecule has 2 aromatic rings. The molecule has 2 rings (SSSR count). The van der Waals surface area contributed by atoms with Crippen molar-refractivity contribution in [3.63, 3.8) is 0 Å². The zero-order chi connectivity index (χ0) is 14.0. The minimum absolute atomic E-state index is 0.0632. The second kappa shape index (κ2) is 5.24. The number of sulfonamides is 1. The Balaban J connectivity index is 2.40. The van der Waals surface area contributed by atoms with Crippen LogP contribution >= 0.6 is 24.2 Å². The van der Waals surface area contributed by atoms with Crippen molar-refractivity contribution in [3.05, 3.63) is 45.8 Å². The van der Waals surface area contributed by atoms with Crippen LogP contribution in [-0.2, 0) is 10.0 Å². The molecule has 0 fully saturated rings. The molecule has 0 saturated carbocycles. The summed E-state index contributed by atoms with van der Waals surface area (Å²) in [4.78, 5) is 17.1. The Morgan fingerprint density at radius 3 is 2.68 bits per heavy atom. The lowest BCUT2D eigenvalue weighted by molar-refractivity contribution is 0.599. The maximum atomic E-state index is 12.1. The first-order valence-corrected chi connectivity index (χ1v) is 7.26. The highest BCUT2D eigenvalue weighted by atomic mass is 35.5. The van der Waals surface area contributed by atoms with Gasteiger partial charge in [-0.15, -0.1) is 12.6 Å². The Labute approximate surface area is 119 Å². The van der Waals surface area contributed by atoms with Gasteiger partial charge in [0.15, 0.2) is 0 Å². The molecule has 0 atom stereocenters. The summed E-state index contributed by atoms with van der Waals surface area (Å²) in [6, 6.07) is 5.32. The third kappa shape index (κ3) is 3.28. The minimum Gasteiger partial charge on any atom is -0.292 e. The molecule has 19 heavy (non-hydrogen) atoms. The van der Waals surface area contributed by atoms with Crippen molar-refractivity contribution in [2.75, 3.05) is 4.72 Å². The summed E-state index contributed by atoms with van der Waals surface area (Å²) in [6.07, 6.45) is 1.19.